The van der Waals surface area contributed by atoms with Crippen LogP contribution in [0.15, 0.2) is 29.1 Å². The SMILES string of the molecule is O=C(O)CC1CCN(c2nc3ccccc3n(C3CC4CCC(C3)N4C3CCCCCCC3)c2=O)C1. The van der Waals surface area contributed by atoms with E-state index in [0.29, 0.717) is 31.0 Å². The molecule has 1 aliphatic carbocycles. The molecule has 3 saturated heterocycles. The molecule has 1 aromatic carbocycles. The molecule has 2 aromatic rings. The number of carboxylic acids is 1. The number of rotatable bonds is 5. The first kappa shape index (κ1) is 24.0. The number of carbonyl (C=O) groups is 1. The number of nitrogens with zero attached hydrogens (tertiary/aromatic N) is 4. The summed E-state index contributed by atoms with van der Waals surface area (Å²) in [5, 5.41) is 9.24. The standard InChI is InChI=1S/C29H40N4O3/c34-27(35)16-20-14-15-31(19-20)28-29(36)33(26-11-7-6-10-25(26)30-28)24-17-22-12-13-23(18-24)32(22)21-8-4-2-1-3-5-9-21/h6-7,10-11,20-24H,1-5,8-9,12-19H2,(H,34,35). The summed E-state index contributed by atoms with van der Waals surface area (Å²) in [4.78, 5) is 35.0. The molecule has 4 aliphatic rings. The Bertz CT molecular complexity index is 1140. The molecule has 7 nitrogen and oxygen atoms in total. The molecule has 3 aliphatic heterocycles. The van der Waals surface area contributed by atoms with Crippen LogP contribution in [-0.4, -0.2) is 56.7 Å². The van der Waals surface area contributed by atoms with Crippen molar-refractivity contribution < 1.29 is 9.90 Å². The van der Waals surface area contributed by atoms with Crippen molar-refractivity contribution in [1.29, 1.82) is 0 Å². The number of piperidine rings is 1. The highest BCUT2D eigenvalue weighted by Gasteiger charge is 2.44. The van der Waals surface area contributed by atoms with E-state index in [1.165, 1.54) is 57.8 Å². The summed E-state index contributed by atoms with van der Waals surface area (Å²) >= 11 is 0. The van der Waals surface area contributed by atoms with Gasteiger partial charge in [0.25, 0.3) is 5.56 Å². The molecule has 1 aromatic heterocycles. The van der Waals surface area contributed by atoms with Crippen molar-refractivity contribution in [2.75, 3.05) is 18.0 Å². The summed E-state index contributed by atoms with van der Waals surface area (Å²) in [6, 6.07) is 10.1. The van der Waals surface area contributed by atoms with Crippen LogP contribution in [0.1, 0.15) is 89.5 Å². The van der Waals surface area contributed by atoms with Crippen LogP contribution in [0.3, 0.4) is 0 Å². The first-order valence-corrected chi connectivity index (χ1v) is 14.3. The molecular formula is C29H40N4O3. The van der Waals surface area contributed by atoms with Gasteiger partial charge in [-0.05, 0) is 63.0 Å². The van der Waals surface area contributed by atoms with E-state index in [1.807, 2.05) is 29.2 Å². The van der Waals surface area contributed by atoms with Crippen molar-refractivity contribution in [3.05, 3.63) is 34.6 Å². The van der Waals surface area contributed by atoms with Crippen LogP contribution in [0.2, 0.25) is 0 Å². The van der Waals surface area contributed by atoms with Crippen molar-refractivity contribution in [2.45, 2.75) is 108 Å². The normalized spacial score (nSPS) is 29.9. The second-order valence-corrected chi connectivity index (χ2v) is 11.8. The number of benzene rings is 1. The molecule has 1 saturated carbocycles. The lowest BCUT2D eigenvalue weighted by atomic mass is 9.89. The van der Waals surface area contributed by atoms with Crippen molar-refractivity contribution in [1.82, 2.24) is 14.5 Å². The van der Waals surface area contributed by atoms with Gasteiger partial charge >= 0.3 is 5.97 Å². The number of fused-ring (bicyclic) bond motifs is 3. The van der Waals surface area contributed by atoms with Gasteiger partial charge in [-0.2, -0.15) is 0 Å². The van der Waals surface area contributed by atoms with E-state index in [-0.39, 0.29) is 23.9 Å². The number of aromatic nitrogens is 2. The second kappa shape index (κ2) is 10.2. The molecule has 7 heteroatoms. The molecule has 4 fully saturated rings. The molecule has 3 atom stereocenters. The fourth-order valence-corrected chi connectivity index (χ4v) is 7.87. The minimum absolute atomic E-state index is 0.00785. The van der Waals surface area contributed by atoms with Crippen LogP contribution in [0.4, 0.5) is 5.82 Å². The highest BCUT2D eigenvalue weighted by atomic mass is 16.4. The van der Waals surface area contributed by atoms with E-state index in [4.69, 9.17) is 4.98 Å². The quantitative estimate of drug-likeness (QED) is 0.634. The maximum Gasteiger partial charge on any atom is 0.303 e. The smallest absolute Gasteiger partial charge is 0.303 e. The Kier molecular flexibility index (Phi) is 6.76. The Morgan fingerprint density at radius 3 is 2.31 bits per heavy atom. The van der Waals surface area contributed by atoms with Crippen molar-refractivity contribution in [3.63, 3.8) is 0 Å². The van der Waals surface area contributed by atoms with Gasteiger partial charge in [0.15, 0.2) is 5.82 Å². The van der Waals surface area contributed by atoms with E-state index >= 15 is 0 Å². The van der Waals surface area contributed by atoms with Crippen LogP contribution >= 0.6 is 0 Å². The maximum atomic E-state index is 14.0. The van der Waals surface area contributed by atoms with Crippen molar-refractivity contribution >= 4 is 22.8 Å². The minimum Gasteiger partial charge on any atom is -0.481 e. The number of hydrogen-bond donors (Lipinski definition) is 1. The lowest BCUT2D eigenvalue weighted by Gasteiger charge is -2.45. The lowest BCUT2D eigenvalue weighted by Crippen LogP contribution is -2.50. The van der Waals surface area contributed by atoms with Crippen LogP contribution in [0, 0.1) is 5.92 Å². The van der Waals surface area contributed by atoms with Gasteiger partial charge < -0.3 is 14.6 Å². The van der Waals surface area contributed by atoms with E-state index in [0.717, 1.165) is 36.3 Å². The number of para-hydroxylation sites is 2. The van der Waals surface area contributed by atoms with Crippen molar-refractivity contribution in [3.8, 4) is 0 Å². The van der Waals surface area contributed by atoms with E-state index in [1.54, 1.807) is 0 Å². The van der Waals surface area contributed by atoms with Crippen LogP contribution in [-0.2, 0) is 4.79 Å². The first-order chi connectivity index (χ1) is 17.6. The van der Waals surface area contributed by atoms with E-state index < -0.39 is 5.97 Å². The van der Waals surface area contributed by atoms with Gasteiger partial charge in [-0.3, -0.25) is 14.5 Å². The lowest BCUT2D eigenvalue weighted by molar-refractivity contribution is -0.137. The summed E-state index contributed by atoms with van der Waals surface area (Å²) in [6.45, 7) is 1.29. The van der Waals surface area contributed by atoms with Gasteiger partial charge in [0.1, 0.15) is 0 Å². The van der Waals surface area contributed by atoms with Gasteiger partial charge in [-0.25, -0.2) is 4.98 Å². The van der Waals surface area contributed by atoms with Gasteiger partial charge in [0.2, 0.25) is 0 Å². The summed E-state index contributed by atoms with van der Waals surface area (Å²) in [6.07, 6.45) is 15.1. The Morgan fingerprint density at radius 2 is 1.58 bits per heavy atom. The molecular weight excluding hydrogens is 452 g/mol. The Hall–Kier alpha value is -2.41. The highest BCUT2D eigenvalue weighted by molar-refractivity contribution is 5.76. The van der Waals surface area contributed by atoms with Crippen LogP contribution in [0.25, 0.3) is 11.0 Å². The second-order valence-electron chi connectivity index (χ2n) is 11.8. The molecule has 3 unspecified atom stereocenters. The minimum atomic E-state index is -0.766. The number of aliphatic carboxylic acids is 1. The van der Waals surface area contributed by atoms with E-state index in [9.17, 15) is 14.7 Å². The third-order valence-electron chi connectivity index (χ3n) is 9.45. The molecule has 6 rings (SSSR count). The summed E-state index contributed by atoms with van der Waals surface area (Å²) in [5.41, 5.74) is 1.81. The zero-order chi connectivity index (χ0) is 24.6. The van der Waals surface area contributed by atoms with E-state index in [2.05, 4.69) is 9.47 Å². The zero-order valence-corrected chi connectivity index (χ0v) is 21.4. The predicted octanol–water partition coefficient (Wildman–Crippen LogP) is 4.98. The average molecular weight is 493 g/mol. The first-order valence-electron chi connectivity index (χ1n) is 14.3. The molecule has 0 radical (unpaired) electrons. The Balaban J connectivity index is 1.30. The fourth-order valence-electron chi connectivity index (χ4n) is 7.87. The molecule has 36 heavy (non-hydrogen) atoms. The number of carboxylic acid groups (broad SMARTS) is 1. The van der Waals surface area contributed by atoms with Crippen LogP contribution < -0.4 is 10.5 Å². The Labute approximate surface area is 213 Å². The van der Waals surface area contributed by atoms with Gasteiger partial charge in [-0.15, -0.1) is 0 Å². The molecule has 2 bridgehead atoms. The highest BCUT2D eigenvalue weighted by Crippen LogP contribution is 2.44. The molecule has 0 amide bonds. The molecule has 194 valence electrons. The van der Waals surface area contributed by atoms with Gasteiger partial charge in [0.05, 0.1) is 11.0 Å². The molecule has 1 N–H and O–H groups in total. The largest absolute Gasteiger partial charge is 0.481 e. The fraction of sp³-hybridized carbons (Fsp3) is 0.690. The monoisotopic (exact) mass is 492 g/mol. The predicted molar refractivity (Wildman–Crippen MR) is 142 cm³/mol. The summed E-state index contributed by atoms with van der Waals surface area (Å²) < 4.78 is 2.07. The maximum absolute atomic E-state index is 14.0. The van der Waals surface area contributed by atoms with Crippen molar-refractivity contribution in [2.24, 2.45) is 5.92 Å². The number of anilines is 1. The summed E-state index contributed by atoms with van der Waals surface area (Å²) in [5.74, 6) is -0.180. The third-order valence-corrected chi connectivity index (χ3v) is 9.45. The molecule has 0 spiro atoms. The molecule has 4 heterocycles. The number of hydrogen-bond acceptors (Lipinski definition) is 5. The average Bonchev–Trinajstić information content (AvgIpc) is 3.39. The zero-order valence-electron chi connectivity index (χ0n) is 21.4. The topological polar surface area (TPSA) is 78.7 Å². The van der Waals surface area contributed by atoms with Gasteiger partial charge in [-0.1, -0.05) is 44.2 Å². The Morgan fingerprint density at radius 1 is 0.889 bits per heavy atom. The summed E-state index contributed by atoms with van der Waals surface area (Å²) in [7, 11) is 0. The van der Waals surface area contributed by atoms with Crippen LogP contribution in [0.5, 0.6) is 0 Å². The van der Waals surface area contributed by atoms with Gasteiger partial charge in [0, 0.05) is 43.7 Å². The third kappa shape index (κ3) is 4.55.